The largest absolute Gasteiger partial charge is 0.497 e. The number of hydrazone groups is 1. The van der Waals surface area contributed by atoms with Crippen LogP contribution in [0, 0.1) is 0 Å². The van der Waals surface area contributed by atoms with Gasteiger partial charge in [-0.3, -0.25) is 4.79 Å². The van der Waals surface area contributed by atoms with Gasteiger partial charge in [0.15, 0.2) is 5.69 Å². The highest BCUT2D eigenvalue weighted by atomic mass is 16.6. The Kier molecular flexibility index (Phi) is 6.66. The Hall–Kier alpha value is -4.94. The maximum absolute atomic E-state index is 13.2. The number of benzene rings is 2. The molecule has 1 amide bonds. The predicted molar refractivity (Wildman–Crippen MR) is 134 cm³/mol. The maximum atomic E-state index is 13.2. The van der Waals surface area contributed by atoms with Crippen molar-refractivity contribution in [1.82, 2.24) is 30.7 Å². The van der Waals surface area contributed by atoms with Crippen LogP contribution < -0.4 is 25.5 Å². The Labute approximate surface area is 211 Å². The Bertz CT molecular complexity index is 1450. The third-order valence-corrected chi connectivity index (χ3v) is 6.03. The Morgan fingerprint density at radius 3 is 2.86 bits per heavy atom. The van der Waals surface area contributed by atoms with Crippen molar-refractivity contribution in [2.75, 3.05) is 31.4 Å². The number of aryl methyl sites for hydroxylation is 1. The van der Waals surface area contributed by atoms with Crippen LogP contribution in [0.3, 0.4) is 0 Å². The molecule has 4 aromatic rings. The fraction of sp³-hybridized carbons (Fsp3) is 0.250. The monoisotopic (exact) mass is 503 g/mol. The average Bonchev–Trinajstić information content (AvgIpc) is 3.54. The highest BCUT2D eigenvalue weighted by Crippen LogP contribution is 2.29. The van der Waals surface area contributed by atoms with Crippen molar-refractivity contribution in [2.24, 2.45) is 5.10 Å². The van der Waals surface area contributed by atoms with Crippen LogP contribution >= 0.6 is 0 Å². The van der Waals surface area contributed by atoms with E-state index >= 15 is 0 Å². The number of hydrogen-bond donors (Lipinski definition) is 2. The number of nitrogen functional groups attached to an aromatic ring is 1. The highest BCUT2D eigenvalue weighted by molar-refractivity contribution is 5.94. The van der Waals surface area contributed by atoms with Gasteiger partial charge in [-0.2, -0.15) is 9.78 Å². The second-order valence-electron chi connectivity index (χ2n) is 8.23. The van der Waals surface area contributed by atoms with E-state index in [1.54, 1.807) is 32.4 Å². The smallest absolute Gasteiger partial charge is 0.293 e. The van der Waals surface area contributed by atoms with Gasteiger partial charge in [0, 0.05) is 17.8 Å². The molecule has 1 aliphatic heterocycles. The summed E-state index contributed by atoms with van der Waals surface area (Å²) >= 11 is 0. The predicted octanol–water partition coefficient (Wildman–Crippen LogP) is 1.97. The molecular formula is C24H25N9O4. The molecule has 37 heavy (non-hydrogen) atoms. The molecule has 0 spiro atoms. The summed E-state index contributed by atoms with van der Waals surface area (Å²) in [7, 11) is 3.11. The molecule has 0 radical (unpaired) electrons. The van der Waals surface area contributed by atoms with Crippen molar-refractivity contribution in [1.29, 1.82) is 0 Å². The van der Waals surface area contributed by atoms with E-state index in [9.17, 15) is 4.79 Å². The molecule has 13 heteroatoms. The lowest BCUT2D eigenvalue weighted by atomic mass is 10.0. The van der Waals surface area contributed by atoms with E-state index < -0.39 is 5.91 Å². The lowest BCUT2D eigenvalue weighted by molar-refractivity contribution is 0.0949. The zero-order chi connectivity index (χ0) is 25.8. The summed E-state index contributed by atoms with van der Waals surface area (Å²) in [4.78, 5) is 15.3. The number of nitrogens with one attached hydrogen (secondary N) is 1. The van der Waals surface area contributed by atoms with E-state index in [0.29, 0.717) is 29.3 Å². The first-order valence-corrected chi connectivity index (χ1v) is 11.5. The first kappa shape index (κ1) is 23.8. The molecule has 0 aliphatic carbocycles. The molecule has 0 saturated heterocycles. The second-order valence-corrected chi connectivity index (χ2v) is 8.23. The number of para-hydroxylation sites is 1. The van der Waals surface area contributed by atoms with Gasteiger partial charge in [-0.1, -0.05) is 23.4 Å². The minimum Gasteiger partial charge on any atom is -0.497 e. The fourth-order valence-electron chi connectivity index (χ4n) is 4.24. The van der Waals surface area contributed by atoms with E-state index in [1.165, 1.54) is 16.5 Å². The summed E-state index contributed by atoms with van der Waals surface area (Å²) in [6, 6.07) is 13.4. The van der Waals surface area contributed by atoms with Crippen molar-refractivity contribution >= 4 is 23.6 Å². The van der Waals surface area contributed by atoms with E-state index in [2.05, 4.69) is 48.2 Å². The SMILES string of the molecule is COc1ccc(OC)c(/C=N/NC(=O)c2nnn(-c3nonc3N)c2CN2CCCc3ccccc32)c1. The summed E-state index contributed by atoms with van der Waals surface area (Å²) in [5, 5.41) is 19.8. The lowest BCUT2D eigenvalue weighted by Gasteiger charge is -2.31. The first-order valence-electron chi connectivity index (χ1n) is 11.5. The van der Waals surface area contributed by atoms with Crippen molar-refractivity contribution in [3.63, 3.8) is 0 Å². The van der Waals surface area contributed by atoms with Crippen LogP contribution in [0.4, 0.5) is 11.5 Å². The number of nitrogens with zero attached hydrogens (tertiary/aromatic N) is 7. The zero-order valence-electron chi connectivity index (χ0n) is 20.3. The van der Waals surface area contributed by atoms with Crippen LogP contribution in [0.15, 0.2) is 52.2 Å². The Morgan fingerprint density at radius 1 is 1.22 bits per heavy atom. The van der Waals surface area contributed by atoms with Gasteiger partial charge in [-0.15, -0.1) is 5.10 Å². The molecule has 1 aliphatic rings. The molecule has 13 nitrogen and oxygen atoms in total. The number of aromatic nitrogens is 5. The fourth-order valence-corrected chi connectivity index (χ4v) is 4.24. The summed E-state index contributed by atoms with van der Waals surface area (Å²) < 4.78 is 16.7. The molecule has 190 valence electrons. The molecule has 5 rings (SSSR count). The quantitative estimate of drug-likeness (QED) is 0.269. The first-order chi connectivity index (χ1) is 18.1. The average molecular weight is 504 g/mol. The highest BCUT2D eigenvalue weighted by Gasteiger charge is 2.27. The number of anilines is 2. The summed E-state index contributed by atoms with van der Waals surface area (Å²) in [6.45, 7) is 1.12. The number of methoxy groups -OCH3 is 2. The molecule has 0 fully saturated rings. The molecule has 0 saturated carbocycles. The molecule has 0 atom stereocenters. The molecule has 3 heterocycles. The molecule has 2 aromatic heterocycles. The van der Waals surface area contributed by atoms with E-state index in [-0.39, 0.29) is 17.3 Å². The van der Waals surface area contributed by atoms with E-state index in [1.807, 2.05) is 12.1 Å². The molecule has 0 bridgehead atoms. The van der Waals surface area contributed by atoms with Crippen molar-refractivity contribution in [3.8, 4) is 17.3 Å². The minimum absolute atomic E-state index is 0.0280. The van der Waals surface area contributed by atoms with Gasteiger partial charge in [-0.25, -0.2) is 10.1 Å². The summed E-state index contributed by atoms with van der Waals surface area (Å²) in [5.74, 6) is 0.819. The van der Waals surface area contributed by atoms with Crippen molar-refractivity contribution < 1.29 is 18.9 Å². The third-order valence-electron chi connectivity index (χ3n) is 6.03. The summed E-state index contributed by atoms with van der Waals surface area (Å²) in [6.07, 6.45) is 3.42. The third kappa shape index (κ3) is 4.78. The van der Waals surface area contributed by atoms with Crippen LogP contribution in [0.1, 0.15) is 33.7 Å². The number of amides is 1. The van der Waals surface area contributed by atoms with Crippen LogP contribution in [-0.2, 0) is 13.0 Å². The number of hydrogen-bond acceptors (Lipinski definition) is 11. The number of fused-ring (bicyclic) bond motifs is 1. The topological polar surface area (TPSA) is 159 Å². The lowest BCUT2D eigenvalue weighted by Crippen LogP contribution is -2.31. The molecule has 2 aromatic carbocycles. The van der Waals surface area contributed by atoms with Gasteiger partial charge >= 0.3 is 0 Å². The van der Waals surface area contributed by atoms with Gasteiger partial charge in [-0.05, 0) is 53.0 Å². The van der Waals surface area contributed by atoms with Gasteiger partial charge < -0.3 is 20.1 Å². The van der Waals surface area contributed by atoms with Crippen molar-refractivity contribution in [2.45, 2.75) is 19.4 Å². The Balaban J connectivity index is 1.44. The number of carbonyl (C=O) groups is 1. The van der Waals surface area contributed by atoms with Gasteiger partial charge in [0.1, 0.15) is 11.5 Å². The zero-order valence-corrected chi connectivity index (χ0v) is 20.3. The number of rotatable bonds is 8. The van der Waals surface area contributed by atoms with Gasteiger partial charge in [0.05, 0.1) is 32.7 Å². The molecular weight excluding hydrogens is 478 g/mol. The normalized spacial score (nSPS) is 13.0. The number of carbonyl (C=O) groups excluding carboxylic acids is 1. The number of ether oxygens (including phenoxy) is 2. The van der Waals surface area contributed by atoms with Crippen LogP contribution in [0.5, 0.6) is 11.5 Å². The molecule has 3 N–H and O–H groups in total. The van der Waals surface area contributed by atoms with Crippen LogP contribution in [0.2, 0.25) is 0 Å². The Morgan fingerprint density at radius 2 is 2.08 bits per heavy atom. The maximum Gasteiger partial charge on any atom is 0.293 e. The number of nitrogens with two attached hydrogens (primary N) is 1. The van der Waals surface area contributed by atoms with E-state index in [4.69, 9.17) is 19.8 Å². The van der Waals surface area contributed by atoms with Crippen LogP contribution in [0.25, 0.3) is 5.82 Å². The second kappa shape index (κ2) is 10.4. The van der Waals surface area contributed by atoms with Crippen LogP contribution in [-0.4, -0.2) is 58.2 Å². The minimum atomic E-state index is -0.556. The van der Waals surface area contributed by atoms with Gasteiger partial charge in [0.25, 0.3) is 5.91 Å². The van der Waals surface area contributed by atoms with Crippen molar-refractivity contribution in [3.05, 3.63) is 65.0 Å². The molecule has 0 unspecified atom stereocenters. The van der Waals surface area contributed by atoms with E-state index in [0.717, 1.165) is 25.1 Å². The summed E-state index contributed by atoms with van der Waals surface area (Å²) in [5.41, 5.74) is 11.9. The standard InChI is InChI=1S/C24H25N9O4/c1-35-17-9-10-20(36-2)16(12-17)13-26-28-24(34)21-19(33(31-27-21)23-22(25)29-37-30-23)14-32-11-5-7-15-6-3-4-8-18(15)32/h3-4,6,8-10,12-13H,5,7,11,14H2,1-2H3,(H2,25,29)(H,28,34)/b26-13+. The van der Waals surface area contributed by atoms with Gasteiger partial charge in [0.2, 0.25) is 11.6 Å².